The van der Waals surface area contributed by atoms with Crippen molar-refractivity contribution in [1.82, 2.24) is 10.2 Å². The van der Waals surface area contributed by atoms with Gasteiger partial charge in [-0.25, -0.2) is 0 Å². The average molecular weight is 290 g/mol. The first-order chi connectivity index (χ1) is 9.81. The molecule has 1 unspecified atom stereocenters. The second kappa shape index (κ2) is 6.97. The van der Waals surface area contributed by atoms with Gasteiger partial charge in [0.1, 0.15) is 0 Å². The third-order valence-electron chi connectivity index (χ3n) is 4.34. The van der Waals surface area contributed by atoms with Gasteiger partial charge in [-0.2, -0.15) is 11.8 Å². The van der Waals surface area contributed by atoms with Gasteiger partial charge in [-0.3, -0.25) is 4.90 Å². The minimum atomic E-state index is 0.719. The first-order valence-corrected chi connectivity index (χ1v) is 9.10. The maximum Gasteiger partial charge on any atom is 0.0237 e. The highest BCUT2D eigenvalue weighted by atomic mass is 32.2. The van der Waals surface area contributed by atoms with Crippen LogP contribution in [0.5, 0.6) is 0 Å². The van der Waals surface area contributed by atoms with Crippen molar-refractivity contribution in [3.63, 3.8) is 0 Å². The topological polar surface area (TPSA) is 15.3 Å². The van der Waals surface area contributed by atoms with Crippen molar-refractivity contribution < 1.29 is 0 Å². The Morgan fingerprint density at radius 3 is 2.65 bits per heavy atom. The van der Waals surface area contributed by atoms with E-state index in [1.807, 2.05) is 0 Å². The molecule has 1 atom stereocenters. The van der Waals surface area contributed by atoms with Gasteiger partial charge in [0.15, 0.2) is 0 Å². The molecule has 1 aliphatic carbocycles. The van der Waals surface area contributed by atoms with Gasteiger partial charge in [-0.1, -0.05) is 24.3 Å². The Bertz CT molecular complexity index is 414. The number of hydrogen-bond donors (Lipinski definition) is 1. The number of rotatable bonds is 6. The van der Waals surface area contributed by atoms with Gasteiger partial charge in [0.25, 0.3) is 0 Å². The summed E-state index contributed by atoms with van der Waals surface area (Å²) in [5, 5.41) is 3.58. The van der Waals surface area contributed by atoms with E-state index in [1.165, 1.54) is 42.0 Å². The SMILES string of the molecule is CC1CSCCN1Cc1ccc(CCNC2CC2)cc1. The number of thioether (sulfide) groups is 1. The fraction of sp³-hybridized carbons (Fsp3) is 0.647. The predicted octanol–water partition coefficient (Wildman–Crippen LogP) is 2.92. The van der Waals surface area contributed by atoms with E-state index in [2.05, 4.69) is 53.2 Å². The first-order valence-electron chi connectivity index (χ1n) is 7.94. The van der Waals surface area contributed by atoms with Gasteiger partial charge in [-0.15, -0.1) is 0 Å². The van der Waals surface area contributed by atoms with Crippen molar-refractivity contribution in [3.05, 3.63) is 35.4 Å². The van der Waals surface area contributed by atoms with E-state index in [1.54, 1.807) is 0 Å². The summed E-state index contributed by atoms with van der Waals surface area (Å²) in [5.74, 6) is 2.57. The molecule has 3 heteroatoms. The van der Waals surface area contributed by atoms with Crippen molar-refractivity contribution in [2.45, 2.75) is 44.8 Å². The second-order valence-electron chi connectivity index (χ2n) is 6.19. The standard InChI is InChI=1S/C17H26N2S/c1-14-13-20-11-10-19(14)12-16-4-2-15(3-5-16)8-9-18-17-6-7-17/h2-5,14,17-18H,6-13H2,1H3. The molecule has 1 saturated heterocycles. The van der Waals surface area contributed by atoms with Crippen LogP contribution in [0.1, 0.15) is 30.9 Å². The quantitative estimate of drug-likeness (QED) is 0.867. The molecule has 20 heavy (non-hydrogen) atoms. The second-order valence-corrected chi connectivity index (χ2v) is 7.34. The minimum Gasteiger partial charge on any atom is -0.314 e. The molecule has 1 N–H and O–H groups in total. The highest BCUT2D eigenvalue weighted by molar-refractivity contribution is 7.99. The van der Waals surface area contributed by atoms with Crippen molar-refractivity contribution in [2.24, 2.45) is 0 Å². The van der Waals surface area contributed by atoms with Crippen LogP contribution in [0.3, 0.4) is 0 Å². The maximum absolute atomic E-state index is 3.58. The molecule has 2 fully saturated rings. The van der Waals surface area contributed by atoms with Gasteiger partial charge in [-0.05, 0) is 43.9 Å². The van der Waals surface area contributed by atoms with Crippen LogP contribution in [0.4, 0.5) is 0 Å². The molecule has 0 spiro atoms. The zero-order valence-corrected chi connectivity index (χ0v) is 13.3. The van der Waals surface area contributed by atoms with E-state index in [0.29, 0.717) is 0 Å². The molecular weight excluding hydrogens is 264 g/mol. The molecule has 1 heterocycles. The normalized spacial score (nSPS) is 23.9. The fourth-order valence-electron chi connectivity index (χ4n) is 2.75. The minimum absolute atomic E-state index is 0.719. The molecular formula is C17H26N2S. The molecule has 1 aromatic rings. The number of nitrogens with zero attached hydrogens (tertiary/aromatic N) is 1. The van der Waals surface area contributed by atoms with Crippen LogP contribution < -0.4 is 5.32 Å². The monoisotopic (exact) mass is 290 g/mol. The summed E-state index contributed by atoms with van der Waals surface area (Å²) in [5.41, 5.74) is 2.92. The lowest BCUT2D eigenvalue weighted by atomic mass is 10.1. The third-order valence-corrected chi connectivity index (χ3v) is 5.53. The number of benzene rings is 1. The lowest BCUT2D eigenvalue weighted by Crippen LogP contribution is -2.39. The summed E-state index contributed by atoms with van der Waals surface area (Å²) in [7, 11) is 0. The Kier molecular flexibility index (Phi) is 5.03. The van der Waals surface area contributed by atoms with Crippen LogP contribution in [0.15, 0.2) is 24.3 Å². The zero-order chi connectivity index (χ0) is 13.8. The summed E-state index contributed by atoms with van der Waals surface area (Å²) in [6.45, 7) is 5.83. The van der Waals surface area contributed by atoms with E-state index in [4.69, 9.17) is 0 Å². The fourth-order valence-corrected chi connectivity index (χ4v) is 3.83. The highest BCUT2D eigenvalue weighted by Crippen LogP contribution is 2.19. The molecule has 0 bridgehead atoms. The molecule has 0 aromatic heterocycles. The summed E-state index contributed by atoms with van der Waals surface area (Å²) < 4.78 is 0. The van der Waals surface area contributed by atoms with Crippen LogP contribution in [0.25, 0.3) is 0 Å². The lowest BCUT2D eigenvalue weighted by Gasteiger charge is -2.33. The highest BCUT2D eigenvalue weighted by Gasteiger charge is 2.20. The Morgan fingerprint density at radius 2 is 1.95 bits per heavy atom. The molecule has 1 saturated carbocycles. The predicted molar refractivity (Wildman–Crippen MR) is 88.4 cm³/mol. The first kappa shape index (κ1) is 14.4. The lowest BCUT2D eigenvalue weighted by molar-refractivity contribution is 0.224. The van der Waals surface area contributed by atoms with E-state index in [-0.39, 0.29) is 0 Å². The summed E-state index contributed by atoms with van der Waals surface area (Å²) in [4.78, 5) is 2.61. The molecule has 0 radical (unpaired) electrons. The largest absolute Gasteiger partial charge is 0.314 e. The number of nitrogens with one attached hydrogen (secondary N) is 1. The van der Waals surface area contributed by atoms with Crippen molar-refractivity contribution in [1.29, 1.82) is 0 Å². The van der Waals surface area contributed by atoms with Crippen LogP contribution in [0, 0.1) is 0 Å². The van der Waals surface area contributed by atoms with Crippen LogP contribution in [0.2, 0.25) is 0 Å². The van der Waals surface area contributed by atoms with E-state index >= 15 is 0 Å². The maximum atomic E-state index is 3.58. The zero-order valence-electron chi connectivity index (χ0n) is 12.5. The van der Waals surface area contributed by atoms with Gasteiger partial charge in [0, 0.05) is 36.7 Å². The van der Waals surface area contributed by atoms with E-state index in [0.717, 1.165) is 31.6 Å². The van der Waals surface area contributed by atoms with Crippen LogP contribution >= 0.6 is 11.8 Å². The molecule has 2 nitrogen and oxygen atoms in total. The molecule has 0 amide bonds. The van der Waals surface area contributed by atoms with Crippen molar-refractivity contribution >= 4 is 11.8 Å². The van der Waals surface area contributed by atoms with Gasteiger partial charge < -0.3 is 5.32 Å². The van der Waals surface area contributed by atoms with E-state index in [9.17, 15) is 0 Å². The van der Waals surface area contributed by atoms with Gasteiger partial charge in [0.2, 0.25) is 0 Å². The van der Waals surface area contributed by atoms with Crippen molar-refractivity contribution in [2.75, 3.05) is 24.6 Å². The summed E-state index contributed by atoms with van der Waals surface area (Å²) in [6, 6.07) is 10.8. The molecule has 1 aliphatic heterocycles. The van der Waals surface area contributed by atoms with Gasteiger partial charge >= 0.3 is 0 Å². The number of hydrogen-bond acceptors (Lipinski definition) is 3. The smallest absolute Gasteiger partial charge is 0.0237 e. The molecule has 3 rings (SSSR count). The van der Waals surface area contributed by atoms with Crippen LogP contribution in [-0.4, -0.2) is 41.6 Å². The molecule has 2 aliphatic rings. The molecule has 110 valence electrons. The van der Waals surface area contributed by atoms with Crippen molar-refractivity contribution in [3.8, 4) is 0 Å². The summed E-state index contributed by atoms with van der Waals surface area (Å²) in [6.07, 6.45) is 3.92. The van der Waals surface area contributed by atoms with Gasteiger partial charge in [0.05, 0.1) is 0 Å². The van der Waals surface area contributed by atoms with E-state index < -0.39 is 0 Å². The van der Waals surface area contributed by atoms with Crippen LogP contribution in [-0.2, 0) is 13.0 Å². The third kappa shape index (κ3) is 4.24. The Labute approximate surface area is 127 Å². The average Bonchev–Trinajstić information content (AvgIpc) is 3.28. The Hall–Kier alpha value is -0.510. The Morgan fingerprint density at radius 1 is 1.20 bits per heavy atom. The molecule has 1 aromatic carbocycles. The summed E-state index contributed by atoms with van der Waals surface area (Å²) >= 11 is 2.09. The Balaban J connectivity index is 1.47.